The summed E-state index contributed by atoms with van der Waals surface area (Å²) in [6.07, 6.45) is 19.6. The number of halogens is 1. The number of aromatic nitrogens is 1. The molecule has 3 aliphatic rings. The molecule has 2 aromatic carbocycles. The number of unbranched alkanes of at least 4 members (excludes halogenated alkanes) is 10. The van der Waals surface area contributed by atoms with E-state index in [1.165, 1.54) is 44.2 Å². The molecule has 0 radical (unpaired) electrons. The fourth-order valence-corrected chi connectivity index (χ4v) is 10.6. The Morgan fingerprint density at radius 3 is 2.36 bits per heavy atom. The number of aliphatic hydroxyl groups is 2. The largest absolute Gasteiger partial charge is 0.487 e. The van der Waals surface area contributed by atoms with Crippen LogP contribution in [0.3, 0.4) is 0 Å². The van der Waals surface area contributed by atoms with Crippen LogP contribution in [0.5, 0.6) is 11.5 Å². The van der Waals surface area contributed by atoms with Crippen molar-refractivity contribution in [1.82, 2.24) is 9.88 Å². The summed E-state index contributed by atoms with van der Waals surface area (Å²) in [7, 11) is 0. The van der Waals surface area contributed by atoms with Crippen LogP contribution >= 0.6 is 0 Å². The summed E-state index contributed by atoms with van der Waals surface area (Å²) in [6.45, 7) is 11.5. The van der Waals surface area contributed by atoms with Gasteiger partial charge in [-0.2, -0.15) is 0 Å². The molecule has 11 heteroatoms. The molecule has 3 aromatic rings. The number of aryl methyl sites for hydroxylation is 1. The zero-order valence-corrected chi connectivity index (χ0v) is 39.9. The lowest BCUT2D eigenvalue weighted by Gasteiger charge is -2.60. The number of rotatable bonds is 29. The number of hydrogen-bond acceptors (Lipinski definition) is 9. The summed E-state index contributed by atoms with van der Waals surface area (Å²) in [4.78, 5) is 27.6. The van der Waals surface area contributed by atoms with Crippen molar-refractivity contribution in [2.45, 2.75) is 161 Å². The van der Waals surface area contributed by atoms with Gasteiger partial charge in [0.25, 0.3) is 0 Å². The molecular formula is C55H76FN3O7. The Balaban J connectivity index is 1.48. The van der Waals surface area contributed by atoms with Crippen molar-refractivity contribution in [3.8, 4) is 11.5 Å². The van der Waals surface area contributed by atoms with E-state index in [-0.39, 0.29) is 55.8 Å². The van der Waals surface area contributed by atoms with E-state index in [1.54, 1.807) is 18.2 Å². The highest BCUT2D eigenvalue weighted by Crippen LogP contribution is 2.62. The van der Waals surface area contributed by atoms with Crippen molar-refractivity contribution < 1.29 is 38.4 Å². The number of amides is 1. The number of carbonyl (C=O) groups is 1. The van der Waals surface area contributed by atoms with Crippen LogP contribution in [0, 0.1) is 30.5 Å². The maximum absolute atomic E-state index is 15.1. The minimum atomic E-state index is -1.39. The molecule has 0 spiro atoms. The Morgan fingerprint density at radius 2 is 1.67 bits per heavy atom. The lowest BCUT2D eigenvalue weighted by Crippen LogP contribution is -2.70. The molecule has 2 aliphatic carbocycles. The number of ether oxygens (including phenoxy) is 3. The number of benzene rings is 2. The van der Waals surface area contributed by atoms with Crippen molar-refractivity contribution in [3.05, 3.63) is 113 Å². The summed E-state index contributed by atoms with van der Waals surface area (Å²) < 4.78 is 35.5. The third kappa shape index (κ3) is 13.1. The van der Waals surface area contributed by atoms with Gasteiger partial charge in [-0.15, -0.1) is 6.58 Å². The molecule has 0 unspecified atom stereocenters. The lowest BCUT2D eigenvalue weighted by molar-refractivity contribution is -0.258. The molecule has 66 heavy (non-hydrogen) atoms. The Kier molecular flexibility index (Phi) is 20.1. The van der Waals surface area contributed by atoms with Gasteiger partial charge in [0.15, 0.2) is 0 Å². The number of oxime groups is 1. The maximum atomic E-state index is 15.1. The summed E-state index contributed by atoms with van der Waals surface area (Å²) in [5.74, 6) is -0.867. The van der Waals surface area contributed by atoms with Crippen LogP contribution < -0.4 is 9.47 Å². The van der Waals surface area contributed by atoms with E-state index in [4.69, 9.17) is 24.2 Å². The molecule has 2 N–H and O–H groups in total. The molecule has 6 atom stereocenters. The van der Waals surface area contributed by atoms with E-state index < -0.39 is 17.7 Å². The number of aliphatic hydroxyl groups excluding tert-OH is 2. The van der Waals surface area contributed by atoms with E-state index >= 15 is 4.79 Å². The highest BCUT2D eigenvalue weighted by atomic mass is 19.1. The Morgan fingerprint density at radius 1 is 0.939 bits per heavy atom. The molecule has 1 saturated carbocycles. The van der Waals surface area contributed by atoms with Gasteiger partial charge in [0, 0.05) is 49.8 Å². The normalized spacial score (nSPS) is 22.5. The van der Waals surface area contributed by atoms with Crippen LogP contribution in [0.1, 0.15) is 151 Å². The first-order valence-electron chi connectivity index (χ1n) is 25.1. The third-order valence-electron chi connectivity index (χ3n) is 13.7. The molecular weight excluding hydrogens is 834 g/mol. The average molecular weight is 910 g/mol. The molecule has 0 saturated heterocycles. The number of pyridine rings is 1. The molecule has 360 valence electrons. The van der Waals surface area contributed by atoms with Crippen molar-refractivity contribution in [2.75, 3.05) is 26.4 Å². The van der Waals surface area contributed by atoms with Crippen molar-refractivity contribution in [2.24, 2.45) is 22.9 Å². The Labute approximate surface area is 393 Å². The van der Waals surface area contributed by atoms with Gasteiger partial charge in [-0.1, -0.05) is 107 Å². The fourth-order valence-electron chi connectivity index (χ4n) is 10.6. The van der Waals surface area contributed by atoms with Gasteiger partial charge in [0.1, 0.15) is 36.6 Å². The second-order valence-corrected chi connectivity index (χ2v) is 18.5. The van der Waals surface area contributed by atoms with Gasteiger partial charge in [-0.3, -0.25) is 9.78 Å². The van der Waals surface area contributed by atoms with Crippen molar-refractivity contribution in [3.63, 3.8) is 0 Å². The molecule has 1 fully saturated rings. The van der Waals surface area contributed by atoms with E-state index in [0.717, 1.165) is 85.2 Å². The number of nitrogens with zero attached hydrogens (tertiary/aromatic N) is 3. The van der Waals surface area contributed by atoms with Crippen LogP contribution in [0.2, 0.25) is 0 Å². The van der Waals surface area contributed by atoms with Crippen LogP contribution in [0.25, 0.3) is 0 Å². The summed E-state index contributed by atoms with van der Waals surface area (Å²) in [6, 6.07) is 17.6. The number of allylic oxidation sites excluding steroid dienone is 1. The fraction of sp³-hybridized carbons (Fsp3) is 0.582. The molecule has 6 rings (SSSR count). The second kappa shape index (κ2) is 26.1. The van der Waals surface area contributed by atoms with Gasteiger partial charge in [-0.25, -0.2) is 4.39 Å². The summed E-state index contributed by atoms with van der Waals surface area (Å²) in [5.41, 5.74) is 5.27. The monoisotopic (exact) mass is 910 g/mol. The van der Waals surface area contributed by atoms with E-state index in [2.05, 4.69) is 30.6 Å². The highest BCUT2D eigenvalue weighted by Gasteiger charge is 2.65. The van der Waals surface area contributed by atoms with Crippen LogP contribution in [-0.2, 0) is 27.5 Å². The van der Waals surface area contributed by atoms with Crippen molar-refractivity contribution in [1.29, 1.82) is 0 Å². The predicted octanol–water partition coefficient (Wildman–Crippen LogP) is 11.7. The Bertz CT molecular complexity index is 2040. The second-order valence-electron chi connectivity index (χ2n) is 18.5. The molecule has 10 nitrogen and oxygen atoms in total. The van der Waals surface area contributed by atoms with Gasteiger partial charge in [-0.05, 0) is 111 Å². The van der Waals surface area contributed by atoms with Gasteiger partial charge in [0.05, 0.1) is 23.9 Å². The summed E-state index contributed by atoms with van der Waals surface area (Å²) >= 11 is 0. The predicted molar refractivity (Wildman–Crippen MR) is 259 cm³/mol. The van der Waals surface area contributed by atoms with Crippen molar-refractivity contribution >= 4 is 11.6 Å². The van der Waals surface area contributed by atoms with E-state index in [9.17, 15) is 14.6 Å². The minimum absolute atomic E-state index is 0.0197. The minimum Gasteiger partial charge on any atom is -0.487 e. The first-order chi connectivity index (χ1) is 32.3. The van der Waals surface area contributed by atoms with Crippen LogP contribution in [0.15, 0.2) is 90.1 Å². The average Bonchev–Trinajstić information content (AvgIpc) is 3.32. The topological polar surface area (TPSA) is 123 Å². The molecule has 1 aliphatic heterocycles. The van der Waals surface area contributed by atoms with Gasteiger partial charge >= 0.3 is 0 Å². The van der Waals surface area contributed by atoms with E-state index in [0.29, 0.717) is 50.4 Å². The molecule has 1 aromatic heterocycles. The number of hydrogen-bond donors (Lipinski definition) is 2. The lowest BCUT2D eigenvalue weighted by atomic mass is 9.55. The highest BCUT2D eigenvalue weighted by molar-refractivity contribution is 6.03. The standard InChI is InChI=1S/C55H76FN3O7/c1-5-8-9-10-11-12-13-14-15-25-52(62)59(38-41-26-28-43(56)29-27-41)51-37-49(58-65-7-3)47-35-42(22-16-18-32-60)46(24-17-19-33-61)53-48-36-45(63-39-44-23-20-21-40(4)57-44)30-31-50(48)66-55(51,54(47)53)64-34-6-2/h6,20-21,23,26-31,35-36,42,46,51,53-54,60-61H,2,5,7-19,22,24-25,32-34,37-39H2,1,3-4H3/t42-,46+,51-,53+,54+,55+/m0/s1. The number of carbonyl (C=O) groups excluding carboxylic acids is 1. The summed E-state index contributed by atoms with van der Waals surface area (Å²) in [5, 5.41) is 24.8. The maximum Gasteiger partial charge on any atom is 0.239 e. The first-order valence-corrected chi connectivity index (χ1v) is 25.1. The Hall–Kier alpha value is -4.58. The molecule has 0 bridgehead atoms. The smallest absolute Gasteiger partial charge is 0.239 e. The quantitative estimate of drug-likeness (QED) is 0.0401. The molecule has 2 heterocycles. The van der Waals surface area contributed by atoms with E-state index in [1.807, 2.05) is 49.1 Å². The molecule has 1 amide bonds. The SMILES string of the molecule is C=CCO[C@@]12Oc3ccc(OCc4cccc(C)n4)cc3[C@H]3[C@H](CCCCO)[C@@H](CCCCO)C=C(C(=NOCC)C[C@@H]1N(Cc1ccc(F)cc1)C(=O)CCCCCCCCCCC)[C@H]32. The third-order valence-corrected chi connectivity index (χ3v) is 13.7. The van der Waals surface area contributed by atoms with Crippen LogP contribution in [-0.4, -0.2) is 70.0 Å². The zero-order chi connectivity index (χ0) is 46.7. The van der Waals surface area contributed by atoms with Gasteiger partial charge in [0.2, 0.25) is 11.7 Å². The first kappa shape index (κ1) is 50.8. The zero-order valence-electron chi connectivity index (χ0n) is 39.9. The van der Waals surface area contributed by atoms with Crippen LogP contribution in [0.4, 0.5) is 4.39 Å². The van der Waals surface area contributed by atoms with Gasteiger partial charge < -0.3 is 34.2 Å². The number of fused-ring (bicyclic) bond motifs is 2.